The first-order valence-electron chi connectivity index (χ1n) is 8.34. The summed E-state index contributed by atoms with van der Waals surface area (Å²) in [5.41, 5.74) is 0.710. The molecule has 2 aromatic heterocycles. The Labute approximate surface area is 144 Å². The maximum atomic E-state index is 12.5. The molecule has 4 heterocycles. The van der Waals surface area contributed by atoms with Gasteiger partial charge < -0.3 is 14.4 Å². The second-order valence-electron chi connectivity index (χ2n) is 6.53. The molecule has 2 aliphatic rings. The zero-order valence-corrected chi connectivity index (χ0v) is 14.0. The van der Waals surface area contributed by atoms with Gasteiger partial charge in [-0.2, -0.15) is 5.10 Å². The molecule has 0 unspecified atom stereocenters. The Morgan fingerprint density at radius 1 is 1.28 bits per heavy atom. The first-order chi connectivity index (χ1) is 12.0. The minimum Gasteiger partial charge on any atom is -0.334 e. The van der Waals surface area contributed by atoms with Crippen LogP contribution in [0, 0.1) is 0 Å². The van der Waals surface area contributed by atoms with Crippen molar-refractivity contribution in [2.45, 2.75) is 18.9 Å². The quantitative estimate of drug-likeness (QED) is 0.810. The molecule has 8 nitrogen and oxygen atoms in total. The van der Waals surface area contributed by atoms with Crippen molar-refractivity contribution in [2.24, 2.45) is 7.05 Å². The maximum Gasteiger partial charge on any atom is 0.263 e. The van der Waals surface area contributed by atoms with Gasteiger partial charge in [-0.05, 0) is 18.6 Å². The Hall–Kier alpha value is -2.90. The maximum absolute atomic E-state index is 12.5. The van der Waals surface area contributed by atoms with Crippen LogP contribution >= 0.6 is 0 Å². The van der Waals surface area contributed by atoms with Crippen LogP contribution in [-0.4, -0.2) is 50.7 Å². The lowest BCUT2D eigenvalue weighted by atomic mass is 10.1. The van der Waals surface area contributed by atoms with Gasteiger partial charge in [0.15, 0.2) is 0 Å². The van der Waals surface area contributed by atoms with Crippen LogP contribution in [0.25, 0.3) is 0 Å². The van der Waals surface area contributed by atoms with Crippen molar-refractivity contribution in [3.05, 3.63) is 46.6 Å². The van der Waals surface area contributed by atoms with Crippen LogP contribution in [0.1, 0.15) is 29.2 Å². The number of anilines is 1. The first kappa shape index (κ1) is 15.6. The van der Waals surface area contributed by atoms with Crippen molar-refractivity contribution in [1.29, 1.82) is 0 Å². The van der Waals surface area contributed by atoms with Crippen molar-refractivity contribution < 1.29 is 9.59 Å². The number of hydrogen-bond acceptors (Lipinski definition) is 4. The Bertz CT molecular complexity index is 894. The van der Waals surface area contributed by atoms with Gasteiger partial charge in [0.2, 0.25) is 5.91 Å². The molecule has 2 amide bonds. The number of rotatable bonds is 3. The Balaban J connectivity index is 1.43. The molecule has 2 fully saturated rings. The highest BCUT2D eigenvalue weighted by Gasteiger charge is 2.34. The third-order valence-corrected chi connectivity index (χ3v) is 4.85. The van der Waals surface area contributed by atoms with Gasteiger partial charge in [0.1, 0.15) is 5.56 Å². The van der Waals surface area contributed by atoms with Crippen molar-refractivity contribution >= 4 is 17.5 Å². The molecule has 4 rings (SSSR count). The van der Waals surface area contributed by atoms with Crippen LogP contribution in [0.2, 0.25) is 0 Å². The largest absolute Gasteiger partial charge is 0.334 e. The summed E-state index contributed by atoms with van der Waals surface area (Å²) in [6, 6.07) is 3.32. The number of hydrogen-bond donors (Lipinski definition) is 0. The second-order valence-corrected chi connectivity index (χ2v) is 6.53. The van der Waals surface area contributed by atoms with Crippen LogP contribution in [0.3, 0.4) is 0 Å². The fourth-order valence-corrected chi connectivity index (χ4v) is 3.31. The molecule has 0 aliphatic carbocycles. The van der Waals surface area contributed by atoms with E-state index in [0.29, 0.717) is 19.5 Å². The van der Waals surface area contributed by atoms with Gasteiger partial charge in [-0.1, -0.05) is 0 Å². The van der Waals surface area contributed by atoms with E-state index in [-0.39, 0.29) is 29.0 Å². The fourth-order valence-electron chi connectivity index (χ4n) is 3.31. The number of nitrogens with zero attached hydrogens (tertiary/aromatic N) is 5. The summed E-state index contributed by atoms with van der Waals surface area (Å²) in [5, 5.41) is 4.33. The predicted octanol–water partition coefficient (Wildman–Crippen LogP) is 0.406. The van der Waals surface area contributed by atoms with E-state index < -0.39 is 0 Å². The van der Waals surface area contributed by atoms with E-state index in [1.54, 1.807) is 46.1 Å². The van der Waals surface area contributed by atoms with Crippen LogP contribution in [0.5, 0.6) is 0 Å². The van der Waals surface area contributed by atoms with Crippen molar-refractivity contribution in [1.82, 2.24) is 19.2 Å². The lowest BCUT2D eigenvalue weighted by Gasteiger charge is -2.39. The van der Waals surface area contributed by atoms with E-state index in [9.17, 15) is 14.4 Å². The molecule has 2 saturated heterocycles. The van der Waals surface area contributed by atoms with Gasteiger partial charge in [-0.15, -0.1) is 0 Å². The predicted molar refractivity (Wildman–Crippen MR) is 90.4 cm³/mol. The molecule has 130 valence electrons. The summed E-state index contributed by atoms with van der Waals surface area (Å²) in [7, 11) is 1.63. The van der Waals surface area contributed by atoms with E-state index in [4.69, 9.17) is 0 Å². The molecule has 0 atom stereocenters. The number of likely N-dealkylation sites (tertiary alicyclic amines) is 1. The lowest BCUT2D eigenvalue weighted by Crippen LogP contribution is -2.52. The SMILES string of the molecule is Cn1cccc(C(=O)N2CC(n3cc(N4CCCC4=O)cn3)C2)c1=O. The minimum absolute atomic E-state index is 0.0722. The van der Waals surface area contributed by atoms with E-state index in [0.717, 1.165) is 18.7 Å². The minimum atomic E-state index is -0.287. The van der Waals surface area contributed by atoms with E-state index in [1.165, 1.54) is 4.57 Å². The third kappa shape index (κ3) is 2.63. The molecule has 0 aromatic carbocycles. The van der Waals surface area contributed by atoms with E-state index in [1.807, 2.05) is 6.20 Å². The van der Waals surface area contributed by atoms with Crippen molar-refractivity contribution in [3.63, 3.8) is 0 Å². The Morgan fingerprint density at radius 3 is 2.80 bits per heavy atom. The molecule has 0 bridgehead atoms. The monoisotopic (exact) mass is 341 g/mol. The highest BCUT2D eigenvalue weighted by molar-refractivity contribution is 5.95. The second kappa shape index (κ2) is 5.87. The molecule has 0 N–H and O–H groups in total. The molecule has 0 radical (unpaired) electrons. The fraction of sp³-hybridized carbons (Fsp3) is 0.412. The summed E-state index contributed by atoms with van der Waals surface area (Å²) >= 11 is 0. The lowest BCUT2D eigenvalue weighted by molar-refractivity contribution is -0.117. The number of aryl methyl sites for hydroxylation is 1. The number of pyridine rings is 1. The first-order valence-corrected chi connectivity index (χ1v) is 8.34. The van der Waals surface area contributed by atoms with Crippen LogP contribution in [0.4, 0.5) is 5.69 Å². The molecule has 2 aromatic rings. The third-order valence-electron chi connectivity index (χ3n) is 4.85. The number of aromatic nitrogens is 3. The van der Waals surface area contributed by atoms with Gasteiger partial charge in [0, 0.05) is 45.5 Å². The van der Waals surface area contributed by atoms with E-state index in [2.05, 4.69) is 5.10 Å². The molecular formula is C17H19N5O3. The van der Waals surface area contributed by atoms with E-state index >= 15 is 0 Å². The summed E-state index contributed by atoms with van der Waals surface area (Å²) in [4.78, 5) is 39.7. The molecule has 2 aliphatic heterocycles. The standard InChI is InChI=1S/C17H19N5O3/c1-19-6-2-4-14(16(19)24)17(25)20-9-13(10-20)22-11-12(8-18-22)21-7-3-5-15(21)23/h2,4,6,8,11,13H,3,5,7,9-10H2,1H3. The Morgan fingerprint density at radius 2 is 2.08 bits per heavy atom. The van der Waals surface area contributed by atoms with Gasteiger partial charge in [-0.3, -0.25) is 19.1 Å². The van der Waals surface area contributed by atoms with Crippen molar-refractivity contribution in [2.75, 3.05) is 24.5 Å². The molecule has 0 saturated carbocycles. The topological polar surface area (TPSA) is 80.4 Å². The Kier molecular flexibility index (Phi) is 3.67. The normalized spacial score (nSPS) is 17.9. The molecular weight excluding hydrogens is 322 g/mol. The summed E-state index contributed by atoms with van der Waals surface area (Å²) in [6.07, 6.45) is 6.64. The number of carbonyl (C=O) groups excluding carboxylic acids is 2. The zero-order valence-electron chi connectivity index (χ0n) is 14.0. The van der Waals surface area contributed by atoms with Crippen LogP contribution in [0.15, 0.2) is 35.5 Å². The van der Waals surface area contributed by atoms with Gasteiger partial charge in [0.25, 0.3) is 11.5 Å². The molecule has 25 heavy (non-hydrogen) atoms. The highest BCUT2D eigenvalue weighted by Crippen LogP contribution is 2.26. The number of carbonyl (C=O) groups is 2. The number of amides is 2. The van der Waals surface area contributed by atoms with Gasteiger partial charge in [0.05, 0.1) is 17.9 Å². The smallest absolute Gasteiger partial charge is 0.263 e. The average Bonchev–Trinajstić information content (AvgIpc) is 3.17. The van der Waals surface area contributed by atoms with Crippen molar-refractivity contribution in [3.8, 4) is 0 Å². The van der Waals surface area contributed by atoms with Crippen LogP contribution < -0.4 is 10.5 Å². The summed E-state index contributed by atoms with van der Waals surface area (Å²) < 4.78 is 3.20. The molecule has 0 spiro atoms. The average molecular weight is 341 g/mol. The highest BCUT2D eigenvalue weighted by atomic mass is 16.2. The molecule has 8 heteroatoms. The van der Waals surface area contributed by atoms with Crippen LogP contribution in [-0.2, 0) is 11.8 Å². The van der Waals surface area contributed by atoms with Gasteiger partial charge >= 0.3 is 0 Å². The van der Waals surface area contributed by atoms with Gasteiger partial charge in [-0.25, -0.2) is 0 Å². The summed E-state index contributed by atoms with van der Waals surface area (Å²) in [5.74, 6) is -0.121. The zero-order chi connectivity index (χ0) is 17.6. The summed E-state index contributed by atoms with van der Waals surface area (Å²) in [6.45, 7) is 1.75.